The number of aryl methyl sites for hydroxylation is 1. The van der Waals surface area contributed by atoms with E-state index in [1.807, 2.05) is 14.0 Å². The summed E-state index contributed by atoms with van der Waals surface area (Å²) >= 11 is 1.44. The second-order valence-electron chi connectivity index (χ2n) is 6.81. The Morgan fingerprint density at radius 3 is 2.52 bits per heavy atom. The number of fused-ring (bicyclic) bond motifs is 1. The SMILES string of the molecule is Cc1nc(C(C)C)sc1C(=O)N1CCN(C)[C@H]2CS(=O)(=O)C[C@H]21. The van der Waals surface area contributed by atoms with E-state index in [1.54, 1.807) is 4.90 Å². The highest BCUT2D eigenvalue weighted by Gasteiger charge is 2.47. The van der Waals surface area contributed by atoms with Crippen LogP contribution in [0.1, 0.15) is 40.1 Å². The lowest BCUT2D eigenvalue weighted by Crippen LogP contribution is -2.59. The van der Waals surface area contributed by atoms with Crippen molar-refractivity contribution in [3.05, 3.63) is 15.6 Å². The fourth-order valence-corrected chi connectivity index (χ4v) is 6.45. The van der Waals surface area contributed by atoms with E-state index >= 15 is 0 Å². The van der Waals surface area contributed by atoms with Gasteiger partial charge in [0.2, 0.25) is 0 Å². The third-order valence-corrected chi connectivity index (χ3v) is 7.86. The predicted molar refractivity (Wildman–Crippen MR) is 90.8 cm³/mol. The zero-order chi connectivity index (χ0) is 16.9. The number of carbonyl (C=O) groups excluding carboxylic acids is 1. The molecule has 2 aliphatic rings. The van der Waals surface area contributed by atoms with E-state index in [4.69, 9.17) is 0 Å². The largest absolute Gasteiger partial charge is 0.331 e. The quantitative estimate of drug-likeness (QED) is 0.793. The minimum Gasteiger partial charge on any atom is -0.331 e. The summed E-state index contributed by atoms with van der Waals surface area (Å²) in [6.07, 6.45) is 0. The van der Waals surface area contributed by atoms with Gasteiger partial charge in [0.25, 0.3) is 5.91 Å². The van der Waals surface area contributed by atoms with E-state index in [-0.39, 0.29) is 35.4 Å². The first-order valence-corrected chi connectivity index (χ1v) is 10.5. The number of rotatable bonds is 2. The third kappa shape index (κ3) is 3.04. The average molecular weight is 358 g/mol. The van der Waals surface area contributed by atoms with Gasteiger partial charge in [0, 0.05) is 25.0 Å². The molecule has 0 unspecified atom stereocenters. The van der Waals surface area contributed by atoms with E-state index < -0.39 is 9.84 Å². The van der Waals surface area contributed by atoms with Crippen molar-refractivity contribution >= 4 is 27.1 Å². The predicted octanol–water partition coefficient (Wildman–Crippen LogP) is 1.13. The summed E-state index contributed by atoms with van der Waals surface area (Å²) in [4.78, 5) is 22.0. The molecule has 3 rings (SSSR count). The second-order valence-corrected chi connectivity index (χ2v) is 10.00. The fraction of sp³-hybridized carbons (Fsp3) is 0.733. The molecule has 2 atom stereocenters. The molecule has 1 aromatic heterocycles. The van der Waals surface area contributed by atoms with E-state index in [2.05, 4.69) is 23.7 Å². The topological polar surface area (TPSA) is 70.6 Å². The molecule has 128 valence electrons. The number of piperazine rings is 1. The Labute approximate surface area is 141 Å². The van der Waals surface area contributed by atoms with Crippen molar-refractivity contribution in [1.82, 2.24) is 14.8 Å². The van der Waals surface area contributed by atoms with Gasteiger partial charge in [-0.2, -0.15) is 0 Å². The Morgan fingerprint density at radius 1 is 1.26 bits per heavy atom. The summed E-state index contributed by atoms with van der Waals surface area (Å²) in [5.41, 5.74) is 0.750. The van der Waals surface area contributed by atoms with Crippen molar-refractivity contribution < 1.29 is 13.2 Å². The van der Waals surface area contributed by atoms with Crippen LogP contribution in [0.2, 0.25) is 0 Å². The van der Waals surface area contributed by atoms with E-state index in [0.29, 0.717) is 18.0 Å². The lowest BCUT2D eigenvalue weighted by Gasteiger charge is -2.42. The molecule has 3 heterocycles. The van der Waals surface area contributed by atoms with Crippen molar-refractivity contribution in [3.63, 3.8) is 0 Å². The summed E-state index contributed by atoms with van der Waals surface area (Å²) in [7, 11) is -1.14. The van der Waals surface area contributed by atoms with Crippen LogP contribution in [-0.4, -0.2) is 72.8 Å². The molecule has 2 aliphatic heterocycles. The molecule has 1 amide bonds. The Hall–Kier alpha value is -0.990. The van der Waals surface area contributed by atoms with Gasteiger partial charge in [0.1, 0.15) is 4.88 Å². The van der Waals surface area contributed by atoms with Gasteiger partial charge < -0.3 is 4.90 Å². The first-order valence-electron chi connectivity index (χ1n) is 7.88. The number of carbonyl (C=O) groups is 1. The van der Waals surface area contributed by atoms with Gasteiger partial charge in [-0.3, -0.25) is 9.69 Å². The number of aromatic nitrogens is 1. The smallest absolute Gasteiger partial charge is 0.266 e. The van der Waals surface area contributed by atoms with Crippen LogP contribution in [-0.2, 0) is 9.84 Å². The molecule has 2 fully saturated rings. The molecule has 0 aromatic carbocycles. The molecule has 0 bridgehead atoms. The maximum Gasteiger partial charge on any atom is 0.266 e. The molecule has 6 nitrogen and oxygen atoms in total. The van der Waals surface area contributed by atoms with Gasteiger partial charge in [-0.1, -0.05) is 13.8 Å². The van der Waals surface area contributed by atoms with Crippen molar-refractivity contribution in [1.29, 1.82) is 0 Å². The van der Waals surface area contributed by atoms with Crippen LogP contribution < -0.4 is 0 Å². The lowest BCUT2D eigenvalue weighted by molar-refractivity contribution is 0.0413. The fourth-order valence-electron chi connectivity index (χ4n) is 3.37. The van der Waals surface area contributed by atoms with Gasteiger partial charge in [-0.05, 0) is 14.0 Å². The van der Waals surface area contributed by atoms with Crippen LogP contribution in [0.3, 0.4) is 0 Å². The molecule has 2 saturated heterocycles. The Balaban J connectivity index is 1.90. The Bertz CT molecular complexity index is 726. The van der Waals surface area contributed by atoms with Crippen LogP contribution >= 0.6 is 11.3 Å². The summed E-state index contributed by atoms with van der Waals surface area (Å²) in [6, 6.07) is -0.328. The highest BCUT2D eigenvalue weighted by atomic mass is 32.2. The summed E-state index contributed by atoms with van der Waals surface area (Å²) in [5, 5.41) is 0.954. The van der Waals surface area contributed by atoms with Crippen LogP contribution in [0.15, 0.2) is 0 Å². The third-order valence-electron chi connectivity index (χ3n) is 4.72. The maximum absolute atomic E-state index is 13.0. The van der Waals surface area contributed by atoms with E-state index in [1.165, 1.54) is 11.3 Å². The van der Waals surface area contributed by atoms with Crippen LogP contribution in [0.25, 0.3) is 0 Å². The molecule has 23 heavy (non-hydrogen) atoms. The number of nitrogens with zero attached hydrogens (tertiary/aromatic N) is 3. The van der Waals surface area contributed by atoms with Crippen LogP contribution in [0.5, 0.6) is 0 Å². The molecular formula is C15H23N3O3S2. The molecule has 0 saturated carbocycles. The average Bonchev–Trinajstić information content (AvgIpc) is 2.99. The van der Waals surface area contributed by atoms with Crippen LogP contribution in [0, 0.1) is 6.92 Å². The highest BCUT2D eigenvalue weighted by Crippen LogP contribution is 2.30. The molecule has 0 aliphatic carbocycles. The van der Waals surface area contributed by atoms with Crippen molar-refractivity contribution in [2.45, 2.75) is 38.8 Å². The van der Waals surface area contributed by atoms with Crippen molar-refractivity contribution in [3.8, 4) is 0 Å². The van der Waals surface area contributed by atoms with Gasteiger partial charge in [0.05, 0.1) is 28.2 Å². The number of likely N-dealkylation sites (N-methyl/N-ethyl adjacent to an activating group) is 1. The second kappa shape index (κ2) is 5.82. The van der Waals surface area contributed by atoms with Crippen molar-refractivity contribution in [2.24, 2.45) is 0 Å². The monoisotopic (exact) mass is 357 g/mol. The van der Waals surface area contributed by atoms with E-state index in [9.17, 15) is 13.2 Å². The molecule has 0 N–H and O–H groups in total. The Morgan fingerprint density at radius 2 is 1.91 bits per heavy atom. The van der Waals surface area contributed by atoms with Crippen LogP contribution in [0.4, 0.5) is 0 Å². The molecule has 8 heteroatoms. The number of sulfone groups is 1. The first-order chi connectivity index (χ1) is 10.7. The number of hydrogen-bond donors (Lipinski definition) is 0. The van der Waals surface area contributed by atoms with Gasteiger partial charge in [0.15, 0.2) is 9.84 Å². The van der Waals surface area contributed by atoms with E-state index in [0.717, 1.165) is 10.7 Å². The maximum atomic E-state index is 13.0. The minimum atomic E-state index is -3.08. The summed E-state index contributed by atoms with van der Waals surface area (Å²) in [5.74, 6) is 0.443. The van der Waals surface area contributed by atoms with Gasteiger partial charge in [-0.15, -0.1) is 11.3 Å². The summed E-state index contributed by atoms with van der Waals surface area (Å²) < 4.78 is 24.1. The highest BCUT2D eigenvalue weighted by molar-refractivity contribution is 7.91. The molecule has 1 aromatic rings. The summed E-state index contributed by atoms with van der Waals surface area (Å²) in [6.45, 7) is 7.25. The van der Waals surface area contributed by atoms with Gasteiger partial charge in [-0.25, -0.2) is 13.4 Å². The Kier molecular flexibility index (Phi) is 4.27. The lowest BCUT2D eigenvalue weighted by atomic mass is 10.1. The number of hydrogen-bond acceptors (Lipinski definition) is 6. The molecule has 0 radical (unpaired) electrons. The minimum absolute atomic E-state index is 0.0629. The number of amides is 1. The van der Waals surface area contributed by atoms with Gasteiger partial charge >= 0.3 is 0 Å². The van der Waals surface area contributed by atoms with Crippen molar-refractivity contribution in [2.75, 3.05) is 31.6 Å². The molecule has 0 spiro atoms. The number of thiazole rings is 1. The molecular weight excluding hydrogens is 334 g/mol. The zero-order valence-corrected chi connectivity index (χ0v) is 15.6. The zero-order valence-electron chi connectivity index (χ0n) is 13.9. The first kappa shape index (κ1) is 16.9. The normalized spacial score (nSPS) is 27.4. The standard InChI is InChI=1S/C15H23N3O3S2/c1-9(2)14-16-10(3)13(22-14)15(19)18-6-5-17(4)11-7-23(20,21)8-12(11)18/h9,11-12H,5-8H2,1-4H3/t11-,12+/m0/s1.